The molecule has 1 N–H and O–H groups in total. The minimum absolute atomic E-state index is 0.0430. The van der Waals surface area contributed by atoms with Crippen LogP contribution in [-0.4, -0.2) is 22.0 Å². The van der Waals surface area contributed by atoms with Crippen molar-refractivity contribution in [3.63, 3.8) is 0 Å². The first-order chi connectivity index (χ1) is 15.6. The minimum atomic E-state index is -0.225. The number of aryl methyl sites for hydroxylation is 1. The largest absolute Gasteiger partial charge is 0.352 e. The summed E-state index contributed by atoms with van der Waals surface area (Å²) in [4.78, 5) is 17.0. The number of nitrogens with one attached hydrogen (secondary N) is 1. The van der Waals surface area contributed by atoms with Gasteiger partial charge in [-0.2, -0.15) is 0 Å². The van der Waals surface area contributed by atoms with E-state index in [1.165, 1.54) is 12.1 Å². The molecular weight excluding hydrogens is 469 g/mol. The summed E-state index contributed by atoms with van der Waals surface area (Å²) in [5.74, 6) is 0.768. The van der Waals surface area contributed by atoms with E-state index in [0.29, 0.717) is 18.7 Å². The van der Waals surface area contributed by atoms with E-state index in [9.17, 15) is 9.18 Å². The molecule has 32 heavy (non-hydrogen) atoms. The van der Waals surface area contributed by atoms with E-state index in [4.69, 9.17) is 4.98 Å². The Bertz CT molecular complexity index is 1190. The summed E-state index contributed by atoms with van der Waals surface area (Å²) >= 11 is 3.38. The second-order valence-electron chi connectivity index (χ2n) is 7.80. The fraction of sp³-hybridized carbons (Fsp3) is 0.231. The van der Waals surface area contributed by atoms with Gasteiger partial charge in [-0.05, 0) is 66.9 Å². The van der Waals surface area contributed by atoms with Gasteiger partial charge in [-0.3, -0.25) is 4.79 Å². The average Bonchev–Trinajstić information content (AvgIpc) is 3.15. The molecule has 1 heterocycles. The van der Waals surface area contributed by atoms with Crippen LogP contribution in [0.2, 0.25) is 0 Å². The molecule has 4 rings (SSSR count). The highest BCUT2D eigenvalue weighted by Gasteiger charge is 2.11. The zero-order valence-corrected chi connectivity index (χ0v) is 19.3. The molecule has 0 aliphatic heterocycles. The molecule has 1 aromatic heterocycles. The molecule has 1 amide bonds. The molecule has 6 heteroatoms. The predicted octanol–water partition coefficient (Wildman–Crippen LogP) is 6.13. The third kappa shape index (κ3) is 5.62. The summed E-state index contributed by atoms with van der Waals surface area (Å²) in [5, 5.41) is 2.98. The molecule has 3 aromatic carbocycles. The number of nitrogens with zero attached hydrogens (tertiary/aromatic N) is 2. The zero-order chi connectivity index (χ0) is 22.3. The fourth-order valence-electron chi connectivity index (χ4n) is 3.76. The second kappa shape index (κ2) is 10.6. The van der Waals surface area contributed by atoms with Gasteiger partial charge in [0.25, 0.3) is 5.91 Å². The van der Waals surface area contributed by atoms with E-state index in [2.05, 4.69) is 31.9 Å². The molecule has 0 spiro atoms. The Morgan fingerprint density at radius 1 is 0.938 bits per heavy atom. The molecule has 0 aliphatic carbocycles. The van der Waals surface area contributed by atoms with Crippen LogP contribution in [0, 0.1) is 5.82 Å². The molecule has 164 valence electrons. The van der Waals surface area contributed by atoms with Crippen molar-refractivity contribution < 1.29 is 9.18 Å². The Labute approximate surface area is 195 Å². The van der Waals surface area contributed by atoms with Gasteiger partial charge in [0.05, 0.1) is 11.0 Å². The number of para-hydroxylation sites is 2. The molecular formula is C26H25BrFN3O. The van der Waals surface area contributed by atoms with Crippen LogP contribution < -0.4 is 5.32 Å². The minimum Gasteiger partial charge on any atom is -0.352 e. The van der Waals surface area contributed by atoms with Crippen LogP contribution in [0.25, 0.3) is 11.0 Å². The molecule has 4 nitrogen and oxygen atoms in total. The monoisotopic (exact) mass is 493 g/mol. The lowest BCUT2D eigenvalue weighted by molar-refractivity contribution is 0.0953. The van der Waals surface area contributed by atoms with Crippen LogP contribution in [0.15, 0.2) is 77.3 Å². The van der Waals surface area contributed by atoms with Gasteiger partial charge in [-0.25, -0.2) is 9.37 Å². The van der Waals surface area contributed by atoms with E-state index in [1.807, 2.05) is 54.6 Å². The summed E-state index contributed by atoms with van der Waals surface area (Å²) in [7, 11) is 0. The first kappa shape index (κ1) is 22.2. The van der Waals surface area contributed by atoms with Crippen LogP contribution in [0.1, 0.15) is 41.0 Å². The molecule has 4 aromatic rings. The van der Waals surface area contributed by atoms with Gasteiger partial charge >= 0.3 is 0 Å². The number of aromatic nitrogens is 2. The molecule has 0 radical (unpaired) electrons. The van der Waals surface area contributed by atoms with E-state index in [0.717, 1.165) is 52.6 Å². The SMILES string of the molecule is O=C(NCCCCCc1nc2ccccc2n1Cc1ccc(F)cc1)c1ccc(Br)cc1. The zero-order valence-electron chi connectivity index (χ0n) is 17.7. The van der Waals surface area contributed by atoms with E-state index in [-0.39, 0.29) is 11.7 Å². The molecule has 0 unspecified atom stereocenters. The number of imidazole rings is 1. The summed E-state index contributed by atoms with van der Waals surface area (Å²) in [6.07, 6.45) is 3.76. The Hall–Kier alpha value is -2.99. The number of benzene rings is 3. The van der Waals surface area contributed by atoms with Crippen LogP contribution in [0.5, 0.6) is 0 Å². The van der Waals surface area contributed by atoms with E-state index in [1.54, 1.807) is 0 Å². The molecule has 0 atom stereocenters. The van der Waals surface area contributed by atoms with E-state index >= 15 is 0 Å². The Morgan fingerprint density at radius 2 is 1.69 bits per heavy atom. The molecule has 0 saturated heterocycles. The summed E-state index contributed by atoms with van der Waals surface area (Å²) < 4.78 is 16.5. The van der Waals surface area contributed by atoms with Crippen molar-refractivity contribution in [3.05, 3.63) is 100 Å². The van der Waals surface area contributed by atoms with Crippen LogP contribution >= 0.6 is 15.9 Å². The lowest BCUT2D eigenvalue weighted by atomic mass is 10.1. The smallest absolute Gasteiger partial charge is 0.251 e. The van der Waals surface area contributed by atoms with Crippen LogP contribution in [-0.2, 0) is 13.0 Å². The van der Waals surface area contributed by atoms with Gasteiger partial charge in [0.15, 0.2) is 0 Å². The Morgan fingerprint density at radius 3 is 2.47 bits per heavy atom. The van der Waals surface area contributed by atoms with Gasteiger partial charge in [0.1, 0.15) is 11.6 Å². The van der Waals surface area contributed by atoms with Crippen molar-refractivity contribution in [1.82, 2.24) is 14.9 Å². The number of unbranched alkanes of at least 4 members (excludes halogenated alkanes) is 2. The van der Waals surface area contributed by atoms with Crippen molar-refractivity contribution in [2.75, 3.05) is 6.54 Å². The standard InChI is InChI=1S/C26H25BrFN3O/c27-21-13-11-20(12-14-21)26(32)29-17-5-1-2-8-25-30-23-6-3-4-7-24(23)31(25)18-19-9-15-22(28)16-10-19/h3-4,6-7,9-16H,1-2,5,8,17-18H2,(H,29,32). The number of carbonyl (C=O) groups excluding carboxylic acids is 1. The highest BCUT2D eigenvalue weighted by atomic mass is 79.9. The van der Waals surface area contributed by atoms with Crippen molar-refractivity contribution >= 4 is 32.9 Å². The van der Waals surface area contributed by atoms with E-state index < -0.39 is 0 Å². The fourth-order valence-corrected chi connectivity index (χ4v) is 4.02. The lowest BCUT2D eigenvalue weighted by Gasteiger charge is -2.10. The van der Waals surface area contributed by atoms with Gasteiger partial charge in [-0.1, -0.05) is 46.6 Å². The van der Waals surface area contributed by atoms with Gasteiger partial charge < -0.3 is 9.88 Å². The van der Waals surface area contributed by atoms with Crippen molar-refractivity contribution in [2.45, 2.75) is 32.2 Å². The summed E-state index contributed by atoms with van der Waals surface area (Å²) in [6, 6.07) is 22.1. The van der Waals surface area contributed by atoms with Crippen LogP contribution in [0.4, 0.5) is 4.39 Å². The number of rotatable bonds is 9. The summed E-state index contributed by atoms with van der Waals surface area (Å²) in [5.41, 5.74) is 3.79. The number of fused-ring (bicyclic) bond motifs is 1. The normalized spacial score (nSPS) is 11.1. The topological polar surface area (TPSA) is 46.9 Å². The maximum atomic E-state index is 13.3. The van der Waals surface area contributed by atoms with Crippen LogP contribution in [0.3, 0.4) is 0 Å². The van der Waals surface area contributed by atoms with Gasteiger partial charge in [0, 0.05) is 29.5 Å². The van der Waals surface area contributed by atoms with Crippen molar-refractivity contribution in [2.24, 2.45) is 0 Å². The molecule has 0 aliphatic rings. The Balaban J connectivity index is 1.31. The predicted molar refractivity (Wildman–Crippen MR) is 129 cm³/mol. The number of halogens is 2. The number of hydrogen-bond acceptors (Lipinski definition) is 2. The number of amides is 1. The summed E-state index contributed by atoms with van der Waals surface area (Å²) in [6.45, 7) is 1.32. The molecule has 0 bridgehead atoms. The third-order valence-electron chi connectivity index (χ3n) is 5.46. The number of carbonyl (C=O) groups is 1. The van der Waals surface area contributed by atoms with Gasteiger partial charge in [0.2, 0.25) is 0 Å². The quantitative estimate of drug-likeness (QED) is 0.285. The Kier molecular flexibility index (Phi) is 7.32. The third-order valence-corrected chi connectivity index (χ3v) is 5.99. The highest BCUT2D eigenvalue weighted by molar-refractivity contribution is 9.10. The molecule has 0 fully saturated rings. The first-order valence-corrected chi connectivity index (χ1v) is 11.6. The maximum absolute atomic E-state index is 13.3. The maximum Gasteiger partial charge on any atom is 0.251 e. The highest BCUT2D eigenvalue weighted by Crippen LogP contribution is 2.20. The number of hydrogen-bond donors (Lipinski definition) is 1. The van der Waals surface area contributed by atoms with Crippen molar-refractivity contribution in [3.8, 4) is 0 Å². The van der Waals surface area contributed by atoms with Gasteiger partial charge in [-0.15, -0.1) is 0 Å². The first-order valence-electron chi connectivity index (χ1n) is 10.8. The lowest BCUT2D eigenvalue weighted by Crippen LogP contribution is -2.24. The second-order valence-corrected chi connectivity index (χ2v) is 8.72. The molecule has 0 saturated carbocycles. The average molecular weight is 494 g/mol. The van der Waals surface area contributed by atoms with Crippen molar-refractivity contribution in [1.29, 1.82) is 0 Å².